The van der Waals surface area contributed by atoms with Crippen LogP contribution >= 0.6 is 12.6 Å². The summed E-state index contributed by atoms with van der Waals surface area (Å²) in [6.45, 7) is -0.493. The minimum atomic E-state index is -2.45. The van der Waals surface area contributed by atoms with Gasteiger partial charge in [0.15, 0.2) is 0 Å². The Balaban J connectivity index is 3.64. The topological polar surface area (TPSA) is 20.3 Å². The monoisotopic (exact) mass is 183 g/mol. The Labute approximate surface area is 70.0 Å². The number of halogens is 2. The standard InChI is InChI=1S/C6H11F2NOS/c1-9(4-5(7)8)6(10)2-3-11/h5,11H,2-4H2,1H3. The zero-order valence-corrected chi connectivity index (χ0v) is 7.15. The molecule has 0 atom stereocenters. The van der Waals surface area contributed by atoms with E-state index in [4.69, 9.17) is 0 Å². The number of carbonyl (C=O) groups excluding carboxylic acids is 1. The van der Waals surface area contributed by atoms with Crippen molar-refractivity contribution in [1.29, 1.82) is 0 Å². The van der Waals surface area contributed by atoms with Crippen LogP contribution in [0.5, 0.6) is 0 Å². The fraction of sp³-hybridized carbons (Fsp3) is 0.833. The summed E-state index contributed by atoms with van der Waals surface area (Å²) in [7, 11) is 1.36. The van der Waals surface area contributed by atoms with Crippen LogP contribution < -0.4 is 0 Å². The highest BCUT2D eigenvalue weighted by Crippen LogP contribution is 1.98. The van der Waals surface area contributed by atoms with Crippen LogP contribution in [0.1, 0.15) is 6.42 Å². The summed E-state index contributed by atoms with van der Waals surface area (Å²) in [4.78, 5) is 11.8. The number of rotatable bonds is 4. The van der Waals surface area contributed by atoms with Crippen LogP contribution in [0, 0.1) is 0 Å². The van der Waals surface area contributed by atoms with Crippen molar-refractivity contribution in [3.8, 4) is 0 Å². The number of hydrogen-bond donors (Lipinski definition) is 1. The lowest BCUT2D eigenvalue weighted by atomic mass is 10.4. The van der Waals surface area contributed by atoms with E-state index in [2.05, 4.69) is 12.6 Å². The molecule has 0 aromatic carbocycles. The molecule has 1 amide bonds. The number of amides is 1. The Hall–Kier alpha value is -0.320. The van der Waals surface area contributed by atoms with E-state index < -0.39 is 13.0 Å². The Morgan fingerprint density at radius 3 is 2.55 bits per heavy atom. The molecule has 0 aliphatic rings. The normalized spacial score (nSPS) is 10.3. The molecule has 0 aromatic rings. The van der Waals surface area contributed by atoms with Gasteiger partial charge in [-0.3, -0.25) is 4.79 Å². The second-order valence-electron chi connectivity index (χ2n) is 2.14. The van der Waals surface area contributed by atoms with Crippen molar-refractivity contribution in [2.24, 2.45) is 0 Å². The average Bonchev–Trinajstić information content (AvgIpc) is 1.86. The summed E-state index contributed by atoms with van der Waals surface area (Å²) >= 11 is 3.81. The first-order valence-corrected chi connectivity index (χ1v) is 3.84. The molecule has 0 fully saturated rings. The molecular formula is C6H11F2NOS. The Kier molecular flexibility index (Phi) is 5.19. The average molecular weight is 183 g/mol. The van der Waals surface area contributed by atoms with Crippen molar-refractivity contribution in [1.82, 2.24) is 4.90 Å². The van der Waals surface area contributed by atoms with Gasteiger partial charge in [0.25, 0.3) is 6.43 Å². The van der Waals surface area contributed by atoms with Gasteiger partial charge >= 0.3 is 0 Å². The number of nitrogens with zero attached hydrogens (tertiary/aromatic N) is 1. The van der Waals surface area contributed by atoms with Gasteiger partial charge in [0, 0.05) is 13.5 Å². The molecule has 0 saturated heterocycles. The van der Waals surface area contributed by atoms with Crippen molar-refractivity contribution in [3.63, 3.8) is 0 Å². The van der Waals surface area contributed by atoms with Crippen LogP contribution in [-0.4, -0.2) is 36.6 Å². The summed E-state index contributed by atoms with van der Waals surface area (Å²) < 4.78 is 23.3. The molecule has 0 aliphatic heterocycles. The summed E-state index contributed by atoms with van der Waals surface area (Å²) in [6, 6.07) is 0. The Bertz CT molecular complexity index is 132. The van der Waals surface area contributed by atoms with E-state index in [0.717, 1.165) is 4.90 Å². The highest BCUT2D eigenvalue weighted by atomic mass is 32.1. The summed E-state index contributed by atoms with van der Waals surface area (Å²) in [5, 5.41) is 0. The fourth-order valence-corrected chi connectivity index (χ4v) is 0.787. The van der Waals surface area contributed by atoms with Crippen LogP contribution in [0.3, 0.4) is 0 Å². The number of thiol groups is 1. The Morgan fingerprint density at radius 2 is 2.18 bits per heavy atom. The molecule has 2 nitrogen and oxygen atoms in total. The maximum Gasteiger partial charge on any atom is 0.255 e. The second-order valence-corrected chi connectivity index (χ2v) is 2.59. The maximum absolute atomic E-state index is 11.7. The minimum absolute atomic E-state index is 0.215. The van der Waals surface area contributed by atoms with Gasteiger partial charge in [-0.2, -0.15) is 12.6 Å². The van der Waals surface area contributed by atoms with Crippen LogP contribution in [0.4, 0.5) is 8.78 Å². The van der Waals surface area contributed by atoms with E-state index >= 15 is 0 Å². The van der Waals surface area contributed by atoms with Crippen LogP contribution in [0.2, 0.25) is 0 Å². The van der Waals surface area contributed by atoms with Crippen molar-refractivity contribution in [3.05, 3.63) is 0 Å². The Morgan fingerprint density at radius 1 is 1.64 bits per heavy atom. The van der Waals surface area contributed by atoms with Crippen LogP contribution in [0.25, 0.3) is 0 Å². The molecule has 5 heteroatoms. The molecule has 0 heterocycles. The fourth-order valence-electron chi connectivity index (χ4n) is 0.595. The molecule has 0 aromatic heterocycles. The predicted molar refractivity (Wildman–Crippen MR) is 42.1 cm³/mol. The molecule has 0 radical (unpaired) electrons. The van der Waals surface area contributed by atoms with Gasteiger partial charge < -0.3 is 4.90 Å². The second kappa shape index (κ2) is 5.35. The summed E-state index contributed by atoms with van der Waals surface area (Å²) in [6.07, 6.45) is -2.24. The van der Waals surface area contributed by atoms with Gasteiger partial charge in [-0.05, 0) is 5.75 Å². The molecule has 0 unspecified atom stereocenters. The van der Waals surface area contributed by atoms with E-state index in [1.165, 1.54) is 7.05 Å². The quantitative estimate of drug-likeness (QED) is 0.645. The first-order valence-electron chi connectivity index (χ1n) is 3.21. The van der Waals surface area contributed by atoms with Crippen molar-refractivity contribution < 1.29 is 13.6 Å². The molecule has 66 valence electrons. The third kappa shape index (κ3) is 5.01. The summed E-state index contributed by atoms with van der Waals surface area (Å²) in [5.41, 5.74) is 0. The van der Waals surface area contributed by atoms with Crippen LogP contribution in [-0.2, 0) is 4.79 Å². The lowest BCUT2D eigenvalue weighted by Crippen LogP contribution is -2.31. The number of carbonyl (C=O) groups is 1. The molecule has 0 aliphatic carbocycles. The first-order chi connectivity index (χ1) is 5.07. The molecule has 11 heavy (non-hydrogen) atoms. The van der Waals surface area contributed by atoms with Gasteiger partial charge in [0.1, 0.15) is 0 Å². The van der Waals surface area contributed by atoms with Crippen molar-refractivity contribution in [2.75, 3.05) is 19.3 Å². The van der Waals surface area contributed by atoms with Crippen molar-refractivity contribution in [2.45, 2.75) is 12.8 Å². The minimum Gasteiger partial charge on any atom is -0.340 e. The van der Waals surface area contributed by atoms with Gasteiger partial charge in [0.2, 0.25) is 5.91 Å². The van der Waals surface area contributed by atoms with Gasteiger partial charge in [0.05, 0.1) is 6.54 Å². The molecule has 0 bridgehead atoms. The summed E-state index contributed by atoms with van der Waals surface area (Å²) in [5.74, 6) is 0.104. The number of alkyl halides is 2. The predicted octanol–water partition coefficient (Wildman–Crippen LogP) is 1.03. The van der Waals surface area contributed by atoms with E-state index in [-0.39, 0.29) is 12.3 Å². The molecular weight excluding hydrogens is 172 g/mol. The molecule has 0 rings (SSSR count). The smallest absolute Gasteiger partial charge is 0.255 e. The van der Waals surface area contributed by atoms with Gasteiger partial charge in [-0.25, -0.2) is 8.78 Å². The zero-order valence-electron chi connectivity index (χ0n) is 6.26. The third-order valence-electron chi connectivity index (χ3n) is 1.16. The highest BCUT2D eigenvalue weighted by molar-refractivity contribution is 7.80. The van der Waals surface area contributed by atoms with Crippen molar-refractivity contribution >= 4 is 18.5 Å². The third-order valence-corrected chi connectivity index (χ3v) is 1.39. The van der Waals surface area contributed by atoms with Gasteiger partial charge in [-0.1, -0.05) is 0 Å². The lowest BCUT2D eigenvalue weighted by molar-refractivity contribution is -0.131. The number of hydrogen-bond acceptors (Lipinski definition) is 2. The molecule has 0 saturated carbocycles. The first kappa shape index (κ1) is 10.7. The van der Waals surface area contributed by atoms with E-state index in [1.54, 1.807) is 0 Å². The lowest BCUT2D eigenvalue weighted by Gasteiger charge is -2.15. The van der Waals surface area contributed by atoms with E-state index in [0.29, 0.717) is 5.75 Å². The molecule has 0 N–H and O–H groups in total. The van der Waals surface area contributed by atoms with E-state index in [1.807, 2.05) is 0 Å². The largest absolute Gasteiger partial charge is 0.340 e. The van der Waals surface area contributed by atoms with E-state index in [9.17, 15) is 13.6 Å². The highest BCUT2D eigenvalue weighted by Gasteiger charge is 2.12. The van der Waals surface area contributed by atoms with Crippen LogP contribution in [0.15, 0.2) is 0 Å². The molecule has 0 spiro atoms. The van der Waals surface area contributed by atoms with Gasteiger partial charge in [-0.15, -0.1) is 0 Å². The zero-order chi connectivity index (χ0) is 8.85. The SMILES string of the molecule is CN(CC(F)F)C(=O)CCS. The maximum atomic E-state index is 11.7.